The molecular formula is C26H24BrN7O3. The highest BCUT2D eigenvalue weighted by Crippen LogP contribution is 2.40. The zero-order valence-electron chi connectivity index (χ0n) is 20.4. The third-order valence-electron chi connectivity index (χ3n) is 5.60. The van der Waals surface area contributed by atoms with Crippen molar-refractivity contribution in [3.8, 4) is 23.2 Å². The van der Waals surface area contributed by atoms with E-state index in [1.54, 1.807) is 33.5 Å². The van der Waals surface area contributed by atoms with Crippen LogP contribution in [0.5, 0.6) is 17.2 Å². The molecule has 0 aliphatic heterocycles. The van der Waals surface area contributed by atoms with Crippen molar-refractivity contribution in [2.75, 3.05) is 32.0 Å². The zero-order chi connectivity index (χ0) is 25.8. The molecule has 5 aromatic rings. The van der Waals surface area contributed by atoms with Gasteiger partial charge in [-0.2, -0.15) is 4.98 Å². The van der Waals surface area contributed by atoms with Crippen LogP contribution in [0.1, 0.15) is 5.56 Å². The van der Waals surface area contributed by atoms with E-state index in [1.165, 1.54) is 6.33 Å². The van der Waals surface area contributed by atoms with Gasteiger partial charge in [0.15, 0.2) is 11.5 Å². The van der Waals surface area contributed by atoms with Gasteiger partial charge in [0.2, 0.25) is 23.6 Å². The minimum Gasteiger partial charge on any atom is -0.493 e. The lowest BCUT2D eigenvalue weighted by Gasteiger charge is -2.15. The van der Waals surface area contributed by atoms with Crippen LogP contribution in [0.4, 0.5) is 17.6 Å². The number of aromatic nitrogens is 5. The second kappa shape index (κ2) is 10.7. The van der Waals surface area contributed by atoms with Crippen molar-refractivity contribution >= 4 is 44.5 Å². The van der Waals surface area contributed by atoms with Gasteiger partial charge in [-0.05, 0) is 29.8 Å². The number of halogens is 1. The van der Waals surface area contributed by atoms with E-state index in [4.69, 9.17) is 19.2 Å². The fraction of sp³-hybridized carbons (Fsp3) is 0.154. The Labute approximate surface area is 221 Å². The van der Waals surface area contributed by atoms with E-state index in [0.717, 1.165) is 21.1 Å². The van der Waals surface area contributed by atoms with Crippen molar-refractivity contribution in [2.24, 2.45) is 0 Å². The normalized spacial score (nSPS) is 10.8. The maximum atomic E-state index is 5.45. The summed E-state index contributed by atoms with van der Waals surface area (Å²) in [5.41, 5.74) is 3.46. The van der Waals surface area contributed by atoms with Gasteiger partial charge in [-0.1, -0.05) is 40.2 Å². The van der Waals surface area contributed by atoms with Crippen LogP contribution in [-0.4, -0.2) is 45.8 Å². The molecule has 10 nitrogen and oxygen atoms in total. The molecule has 188 valence electrons. The maximum Gasteiger partial charge on any atom is 0.241 e. The van der Waals surface area contributed by atoms with Crippen LogP contribution in [0.2, 0.25) is 0 Å². The summed E-state index contributed by atoms with van der Waals surface area (Å²) in [4.78, 5) is 18.2. The number of nitrogens with one attached hydrogen (secondary N) is 2. The summed E-state index contributed by atoms with van der Waals surface area (Å²) in [7, 11) is 4.69. The van der Waals surface area contributed by atoms with Crippen molar-refractivity contribution < 1.29 is 14.2 Å². The molecule has 0 bridgehead atoms. The Bertz CT molecular complexity index is 1510. The van der Waals surface area contributed by atoms with Crippen LogP contribution in [0.25, 0.3) is 17.0 Å². The lowest BCUT2D eigenvalue weighted by molar-refractivity contribution is 0.324. The van der Waals surface area contributed by atoms with E-state index in [0.29, 0.717) is 47.3 Å². The van der Waals surface area contributed by atoms with Crippen LogP contribution >= 0.6 is 15.9 Å². The van der Waals surface area contributed by atoms with Gasteiger partial charge in [-0.3, -0.25) is 0 Å². The molecule has 0 saturated carbocycles. The van der Waals surface area contributed by atoms with Crippen molar-refractivity contribution in [1.82, 2.24) is 24.5 Å². The van der Waals surface area contributed by atoms with Gasteiger partial charge in [0.25, 0.3) is 0 Å². The molecule has 3 aromatic carbocycles. The van der Waals surface area contributed by atoms with Crippen LogP contribution in [0.3, 0.4) is 0 Å². The molecule has 0 aliphatic rings. The Morgan fingerprint density at radius 2 is 1.59 bits per heavy atom. The lowest BCUT2D eigenvalue weighted by atomic mass is 10.2. The Morgan fingerprint density at radius 3 is 2.30 bits per heavy atom. The average molecular weight is 562 g/mol. The molecule has 0 amide bonds. The molecule has 2 heterocycles. The smallest absolute Gasteiger partial charge is 0.241 e. The van der Waals surface area contributed by atoms with Crippen LogP contribution in [0, 0.1) is 0 Å². The van der Waals surface area contributed by atoms with Crippen LogP contribution in [-0.2, 0) is 6.54 Å². The fourth-order valence-electron chi connectivity index (χ4n) is 3.87. The topological polar surface area (TPSA) is 108 Å². The molecule has 0 saturated heterocycles. The van der Waals surface area contributed by atoms with Gasteiger partial charge in [0.05, 0.1) is 32.4 Å². The highest BCUT2D eigenvalue weighted by Gasteiger charge is 2.17. The number of imidazole rings is 1. The first kappa shape index (κ1) is 24.3. The fourth-order valence-corrected chi connectivity index (χ4v) is 4.13. The maximum absolute atomic E-state index is 5.45. The molecule has 0 fully saturated rings. The van der Waals surface area contributed by atoms with E-state index in [2.05, 4.69) is 41.5 Å². The average Bonchev–Trinajstić information content (AvgIpc) is 3.30. The minimum absolute atomic E-state index is 0.343. The predicted octanol–water partition coefficient (Wildman–Crippen LogP) is 5.35. The van der Waals surface area contributed by atoms with E-state index in [1.807, 2.05) is 53.1 Å². The summed E-state index contributed by atoms with van der Waals surface area (Å²) in [5.74, 6) is 2.90. The zero-order valence-corrected chi connectivity index (χ0v) is 22.0. The molecule has 0 radical (unpaired) electrons. The monoisotopic (exact) mass is 561 g/mol. The second-order valence-electron chi connectivity index (χ2n) is 7.89. The molecule has 2 aromatic heterocycles. The van der Waals surface area contributed by atoms with Crippen LogP contribution in [0.15, 0.2) is 71.5 Å². The van der Waals surface area contributed by atoms with Crippen molar-refractivity contribution in [3.63, 3.8) is 0 Å². The van der Waals surface area contributed by atoms with E-state index in [9.17, 15) is 0 Å². The number of para-hydroxylation sites is 2. The van der Waals surface area contributed by atoms with Crippen molar-refractivity contribution in [1.29, 1.82) is 0 Å². The number of hydrogen-bond acceptors (Lipinski definition) is 9. The van der Waals surface area contributed by atoms with Crippen LogP contribution < -0.4 is 24.8 Å². The highest BCUT2D eigenvalue weighted by atomic mass is 79.9. The third-order valence-corrected chi connectivity index (χ3v) is 6.13. The molecule has 11 heteroatoms. The number of fused-ring (bicyclic) bond motifs is 1. The first-order valence-electron chi connectivity index (χ1n) is 11.3. The van der Waals surface area contributed by atoms with Gasteiger partial charge >= 0.3 is 0 Å². The number of ether oxygens (including phenoxy) is 3. The Balaban J connectivity index is 1.49. The summed E-state index contributed by atoms with van der Waals surface area (Å²) in [6.45, 7) is 0.582. The number of nitrogens with zero attached hydrogens (tertiary/aromatic N) is 5. The minimum atomic E-state index is 0.343. The van der Waals surface area contributed by atoms with Crippen molar-refractivity contribution in [3.05, 3.63) is 77.0 Å². The number of anilines is 3. The van der Waals surface area contributed by atoms with Gasteiger partial charge in [-0.25, -0.2) is 19.5 Å². The molecule has 0 aliphatic carbocycles. The molecule has 5 rings (SSSR count). The Kier molecular flexibility index (Phi) is 7.04. The summed E-state index contributed by atoms with van der Waals surface area (Å²) in [6.07, 6.45) is 1.45. The summed E-state index contributed by atoms with van der Waals surface area (Å²) >= 11 is 3.48. The van der Waals surface area contributed by atoms with E-state index >= 15 is 0 Å². The van der Waals surface area contributed by atoms with Gasteiger partial charge in [0.1, 0.15) is 6.33 Å². The van der Waals surface area contributed by atoms with Gasteiger partial charge < -0.3 is 24.8 Å². The Morgan fingerprint density at radius 1 is 0.865 bits per heavy atom. The first-order valence-corrected chi connectivity index (χ1v) is 12.1. The lowest BCUT2D eigenvalue weighted by Crippen LogP contribution is -2.10. The summed E-state index contributed by atoms with van der Waals surface area (Å²) in [6, 6.07) is 19.5. The molecular weight excluding hydrogens is 538 g/mol. The number of methoxy groups -OCH3 is 3. The molecule has 37 heavy (non-hydrogen) atoms. The van der Waals surface area contributed by atoms with E-state index in [-0.39, 0.29) is 0 Å². The standard InChI is InChI=1S/C26H24BrN7O3/c1-35-21-12-18(13-22(36-2)23(21)37-3)31-24-29-15-30-26(33-24)34-20-7-5-4-6-19(20)32-25(34)28-14-16-8-10-17(27)11-9-16/h4-13,15H,14H2,1-3H3,(H,28,32)(H,29,30,31,33). The first-order chi connectivity index (χ1) is 18.1. The molecule has 0 spiro atoms. The highest BCUT2D eigenvalue weighted by molar-refractivity contribution is 9.10. The van der Waals surface area contributed by atoms with Gasteiger partial charge in [0, 0.05) is 28.8 Å². The summed E-state index contributed by atoms with van der Waals surface area (Å²) in [5, 5.41) is 6.62. The summed E-state index contributed by atoms with van der Waals surface area (Å²) < 4.78 is 19.2. The quantitative estimate of drug-likeness (QED) is 0.246. The molecule has 2 N–H and O–H groups in total. The Hall–Kier alpha value is -4.38. The number of rotatable bonds is 9. The molecule has 0 unspecified atom stereocenters. The van der Waals surface area contributed by atoms with Crippen molar-refractivity contribution in [2.45, 2.75) is 6.54 Å². The SMILES string of the molecule is COc1cc(Nc2ncnc(-n3c(NCc4ccc(Br)cc4)nc4ccccc43)n2)cc(OC)c1OC. The molecule has 0 atom stereocenters. The van der Waals surface area contributed by atoms with Gasteiger partial charge in [-0.15, -0.1) is 0 Å². The predicted molar refractivity (Wildman–Crippen MR) is 145 cm³/mol. The largest absolute Gasteiger partial charge is 0.493 e. The van der Waals surface area contributed by atoms with E-state index < -0.39 is 0 Å². The second-order valence-corrected chi connectivity index (χ2v) is 8.80. The number of hydrogen-bond donors (Lipinski definition) is 2. The number of benzene rings is 3. The third kappa shape index (κ3) is 5.12.